The number of carbonyl (C=O) groups excluding carboxylic acids is 2. The summed E-state index contributed by atoms with van der Waals surface area (Å²) in [7, 11) is 1.28. The first-order valence-corrected chi connectivity index (χ1v) is 13.0. The zero-order valence-corrected chi connectivity index (χ0v) is 22.3. The number of fused-ring (bicyclic) bond motifs is 3. The Bertz CT molecular complexity index is 1440. The lowest BCUT2D eigenvalue weighted by Crippen LogP contribution is -2.43. The van der Waals surface area contributed by atoms with Crippen LogP contribution in [-0.4, -0.2) is 36.9 Å². The van der Waals surface area contributed by atoms with Crippen molar-refractivity contribution in [2.24, 2.45) is 0 Å². The Morgan fingerprint density at radius 3 is 2.16 bits per heavy atom. The Hall–Kier alpha value is -4.10. The number of esters is 1. The number of aromatic hydroxyl groups is 1. The zero-order valence-electron chi connectivity index (χ0n) is 20.7. The third-order valence-corrected chi connectivity index (χ3v) is 7.31. The summed E-state index contributed by atoms with van der Waals surface area (Å²) in [6, 6.07) is 27.9. The molecule has 1 aliphatic carbocycles. The Morgan fingerprint density at radius 1 is 0.895 bits per heavy atom. The van der Waals surface area contributed by atoms with Gasteiger partial charge in [0.1, 0.15) is 18.4 Å². The van der Waals surface area contributed by atoms with E-state index < -0.39 is 18.1 Å². The monoisotopic (exact) mass is 571 g/mol. The molecule has 0 bridgehead atoms. The van der Waals surface area contributed by atoms with Gasteiger partial charge in [-0.1, -0.05) is 82.7 Å². The number of rotatable bonds is 7. The van der Waals surface area contributed by atoms with E-state index in [4.69, 9.17) is 9.47 Å². The maximum Gasteiger partial charge on any atom is 0.407 e. The van der Waals surface area contributed by atoms with E-state index in [-0.39, 0.29) is 24.7 Å². The van der Waals surface area contributed by atoms with Gasteiger partial charge in [0.05, 0.1) is 7.11 Å². The molecule has 0 saturated heterocycles. The van der Waals surface area contributed by atoms with Gasteiger partial charge in [0.2, 0.25) is 0 Å². The van der Waals surface area contributed by atoms with Crippen molar-refractivity contribution >= 4 is 28.0 Å². The topological polar surface area (TPSA) is 84.9 Å². The summed E-state index contributed by atoms with van der Waals surface area (Å²) in [5, 5.41) is 13.1. The van der Waals surface area contributed by atoms with Crippen LogP contribution in [0.2, 0.25) is 0 Å². The van der Waals surface area contributed by atoms with Gasteiger partial charge >= 0.3 is 12.1 Å². The van der Waals surface area contributed by atoms with Crippen molar-refractivity contribution in [1.29, 1.82) is 0 Å². The van der Waals surface area contributed by atoms with Crippen molar-refractivity contribution in [3.8, 4) is 28.0 Å². The predicted octanol–water partition coefficient (Wildman–Crippen LogP) is 6.44. The van der Waals surface area contributed by atoms with E-state index in [0.717, 1.165) is 37.9 Å². The largest absolute Gasteiger partial charge is 0.507 e. The van der Waals surface area contributed by atoms with Crippen molar-refractivity contribution in [3.63, 3.8) is 0 Å². The van der Waals surface area contributed by atoms with Crippen molar-refractivity contribution in [1.82, 2.24) is 5.32 Å². The van der Waals surface area contributed by atoms with Gasteiger partial charge in [-0.05, 0) is 57.6 Å². The molecule has 0 unspecified atom stereocenters. The number of amides is 1. The lowest BCUT2D eigenvalue weighted by molar-refractivity contribution is -0.143. The average Bonchev–Trinajstić information content (AvgIpc) is 3.26. The molecule has 1 amide bonds. The fourth-order valence-electron chi connectivity index (χ4n) is 4.92. The minimum absolute atomic E-state index is 0.0877. The summed E-state index contributed by atoms with van der Waals surface area (Å²) < 4.78 is 11.5. The van der Waals surface area contributed by atoms with Crippen LogP contribution in [0.1, 0.15) is 22.6 Å². The summed E-state index contributed by atoms with van der Waals surface area (Å²) in [6.45, 7) is 0.140. The van der Waals surface area contributed by atoms with Crippen LogP contribution in [-0.2, 0) is 20.7 Å². The Balaban J connectivity index is 1.29. The number of phenolic OH excluding ortho intramolecular Hbond substituents is 1. The predicted molar refractivity (Wildman–Crippen MR) is 149 cm³/mol. The molecule has 0 heterocycles. The number of hydrogen-bond donors (Lipinski definition) is 2. The highest BCUT2D eigenvalue weighted by Crippen LogP contribution is 2.44. The molecular formula is C31H26BrNO5. The van der Waals surface area contributed by atoms with Gasteiger partial charge in [0.15, 0.2) is 0 Å². The van der Waals surface area contributed by atoms with Crippen LogP contribution in [0.4, 0.5) is 4.79 Å². The summed E-state index contributed by atoms with van der Waals surface area (Å²) in [6.07, 6.45) is -0.533. The highest BCUT2D eigenvalue weighted by molar-refractivity contribution is 9.10. The third-order valence-electron chi connectivity index (χ3n) is 6.78. The third kappa shape index (κ3) is 5.29. The van der Waals surface area contributed by atoms with E-state index >= 15 is 0 Å². The number of carbonyl (C=O) groups is 2. The molecule has 1 aliphatic rings. The van der Waals surface area contributed by atoms with Crippen LogP contribution >= 0.6 is 15.9 Å². The van der Waals surface area contributed by atoms with Crippen molar-refractivity contribution < 1.29 is 24.2 Å². The molecule has 0 aromatic heterocycles. The van der Waals surface area contributed by atoms with Crippen molar-refractivity contribution in [2.75, 3.05) is 13.7 Å². The summed E-state index contributed by atoms with van der Waals surface area (Å²) >= 11 is 3.41. The van der Waals surface area contributed by atoms with Crippen LogP contribution in [0, 0.1) is 0 Å². The molecule has 192 valence electrons. The second kappa shape index (κ2) is 11.1. The molecular weight excluding hydrogens is 546 g/mol. The number of hydrogen-bond acceptors (Lipinski definition) is 5. The Kier molecular flexibility index (Phi) is 7.47. The smallest absolute Gasteiger partial charge is 0.407 e. The van der Waals surface area contributed by atoms with E-state index in [9.17, 15) is 14.7 Å². The van der Waals surface area contributed by atoms with Gasteiger partial charge in [0.25, 0.3) is 0 Å². The molecule has 0 saturated carbocycles. The summed E-state index contributed by atoms with van der Waals surface area (Å²) in [5.41, 5.74) is 6.68. The standard InChI is InChI=1S/C31H26BrNO5/c1-37-30(35)28(17-19-10-15-29(34)26(16-19)20-11-13-21(32)14-12-20)33-31(36)38-18-27-24-8-4-2-6-22(24)23-7-3-5-9-25(23)27/h2-16,27-28,34H,17-18H2,1H3,(H,33,36)/t28-/m0/s1. The van der Waals surface area contributed by atoms with Gasteiger partial charge in [-0.25, -0.2) is 9.59 Å². The second-order valence-corrected chi connectivity index (χ2v) is 10.0. The number of phenols is 1. The highest BCUT2D eigenvalue weighted by atomic mass is 79.9. The van der Waals surface area contributed by atoms with Crippen molar-refractivity contribution in [3.05, 3.63) is 112 Å². The number of alkyl carbamates (subject to hydrolysis) is 1. The van der Waals surface area contributed by atoms with Gasteiger partial charge in [0, 0.05) is 22.4 Å². The summed E-state index contributed by atoms with van der Waals surface area (Å²) in [4.78, 5) is 25.4. The number of nitrogens with one attached hydrogen (secondary N) is 1. The molecule has 4 aromatic rings. The van der Waals surface area contributed by atoms with Crippen LogP contribution in [0.25, 0.3) is 22.3 Å². The fourth-order valence-corrected chi connectivity index (χ4v) is 5.19. The molecule has 0 radical (unpaired) electrons. The zero-order chi connectivity index (χ0) is 26.6. The number of benzene rings is 4. The summed E-state index contributed by atoms with van der Waals surface area (Å²) in [5.74, 6) is -0.553. The first-order chi connectivity index (χ1) is 18.4. The van der Waals surface area contributed by atoms with Gasteiger partial charge in [-0.2, -0.15) is 0 Å². The Morgan fingerprint density at radius 2 is 1.53 bits per heavy atom. The molecule has 1 atom stereocenters. The van der Waals surface area contributed by atoms with E-state index in [1.165, 1.54) is 7.11 Å². The van der Waals surface area contributed by atoms with Crippen LogP contribution in [0.5, 0.6) is 5.75 Å². The SMILES string of the molecule is COC(=O)[C@H](Cc1ccc(O)c(-c2ccc(Br)cc2)c1)NC(=O)OCC1c2ccccc2-c2ccccc21. The van der Waals surface area contributed by atoms with Gasteiger partial charge in [-0.3, -0.25) is 0 Å². The Labute approximate surface area is 229 Å². The van der Waals surface area contributed by atoms with E-state index in [1.807, 2.05) is 60.7 Å². The quantitative estimate of drug-likeness (QED) is 0.249. The molecule has 6 nitrogen and oxygen atoms in total. The number of methoxy groups -OCH3 is 1. The van der Waals surface area contributed by atoms with Gasteiger partial charge < -0.3 is 19.9 Å². The maximum absolute atomic E-state index is 12.8. The first kappa shape index (κ1) is 25.5. The van der Waals surface area contributed by atoms with Crippen LogP contribution in [0.3, 0.4) is 0 Å². The van der Waals surface area contributed by atoms with E-state index in [0.29, 0.717) is 5.56 Å². The van der Waals surface area contributed by atoms with E-state index in [2.05, 4.69) is 33.4 Å². The lowest BCUT2D eigenvalue weighted by atomic mass is 9.98. The molecule has 0 fully saturated rings. The molecule has 0 aliphatic heterocycles. The number of halogens is 1. The van der Waals surface area contributed by atoms with Crippen LogP contribution in [0.15, 0.2) is 95.5 Å². The van der Waals surface area contributed by atoms with Crippen LogP contribution < -0.4 is 5.32 Å². The molecule has 38 heavy (non-hydrogen) atoms. The molecule has 4 aromatic carbocycles. The second-order valence-electron chi connectivity index (χ2n) is 9.11. The molecule has 2 N–H and O–H groups in total. The van der Waals surface area contributed by atoms with E-state index in [1.54, 1.807) is 18.2 Å². The van der Waals surface area contributed by atoms with Gasteiger partial charge in [-0.15, -0.1) is 0 Å². The lowest BCUT2D eigenvalue weighted by Gasteiger charge is -2.19. The normalized spacial score (nSPS) is 12.8. The fraction of sp³-hybridized carbons (Fsp3) is 0.161. The first-order valence-electron chi connectivity index (χ1n) is 12.2. The number of ether oxygens (including phenoxy) is 2. The molecule has 5 rings (SSSR count). The highest BCUT2D eigenvalue weighted by Gasteiger charge is 2.30. The molecule has 0 spiro atoms. The van der Waals surface area contributed by atoms with Crippen molar-refractivity contribution in [2.45, 2.75) is 18.4 Å². The minimum atomic E-state index is -0.960. The maximum atomic E-state index is 12.8. The minimum Gasteiger partial charge on any atom is -0.507 e. The average molecular weight is 572 g/mol. The molecule has 7 heteroatoms.